The number of aryl methyl sites for hydroxylation is 2. The number of nitrogens with one attached hydrogen (secondary N) is 1. The lowest BCUT2D eigenvalue weighted by molar-refractivity contribution is -0.196. The van der Waals surface area contributed by atoms with Gasteiger partial charge in [0, 0.05) is 50.8 Å². The maximum absolute atomic E-state index is 14.2. The van der Waals surface area contributed by atoms with E-state index >= 15 is 0 Å². The zero-order valence-corrected chi connectivity index (χ0v) is 28.1. The Labute approximate surface area is 281 Å². The Hall–Kier alpha value is -4.17. The van der Waals surface area contributed by atoms with E-state index in [0.717, 1.165) is 16.6 Å². The molecule has 2 bridgehead atoms. The molecule has 262 valence electrons. The van der Waals surface area contributed by atoms with Gasteiger partial charge in [0.1, 0.15) is 22.3 Å². The van der Waals surface area contributed by atoms with Crippen molar-refractivity contribution in [2.45, 2.75) is 76.4 Å². The number of pyridine rings is 1. The summed E-state index contributed by atoms with van der Waals surface area (Å²) in [5, 5.41) is 3.47. The van der Waals surface area contributed by atoms with Gasteiger partial charge < -0.3 is 34.6 Å². The lowest BCUT2D eigenvalue weighted by Crippen LogP contribution is -2.53. The molecule has 49 heavy (non-hydrogen) atoms. The van der Waals surface area contributed by atoms with Gasteiger partial charge in [0.05, 0.1) is 36.2 Å². The van der Waals surface area contributed by atoms with Crippen LogP contribution in [-0.2, 0) is 23.1 Å². The number of carbonyl (C=O) groups is 2. The molecule has 1 aliphatic carbocycles. The van der Waals surface area contributed by atoms with Crippen LogP contribution in [0.25, 0.3) is 33.6 Å². The summed E-state index contributed by atoms with van der Waals surface area (Å²) in [6.07, 6.45) is -1.86. The SMILES string of the molecule is COc1cc(C(=O)N2CC[C@@H](OC)[C@@H](N)C2)cc2nc(-c3cc4ccc5nc4n3CCCCC[C@H]3C[C@]3(C(F)(F)F)C(=O)N[C@@H]5C)n(C)c12. The fourth-order valence-corrected chi connectivity index (χ4v) is 7.90. The fraction of sp³-hybridized carbons (Fsp3) is 0.543. The largest absolute Gasteiger partial charge is 0.494 e. The topological polar surface area (TPSA) is 130 Å². The zero-order valence-electron chi connectivity index (χ0n) is 28.1. The fourth-order valence-electron chi connectivity index (χ4n) is 7.90. The van der Waals surface area contributed by atoms with Gasteiger partial charge in [0.2, 0.25) is 5.91 Å². The van der Waals surface area contributed by atoms with Crippen LogP contribution >= 0.6 is 0 Å². The van der Waals surface area contributed by atoms with Crippen molar-refractivity contribution in [3.05, 3.63) is 41.6 Å². The van der Waals surface area contributed by atoms with E-state index in [1.54, 1.807) is 44.2 Å². The van der Waals surface area contributed by atoms with Crippen molar-refractivity contribution in [3.8, 4) is 17.3 Å². The van der Waals surface area contributed by atoms with Crippen LogP contribution in [0, 0.1) is 11.3 Å². The van der Waals surface area contributed by atoms with Gasteiger partial charge >= 0.3 is 6.18 Å². The highest BCUT2D eigenvalue weighted by Crippen LogP contribution is 2.64. The summed E-state index contributed by atoms with van der Waals surface area (Å²) in [6, 6.07) is 8.14. The quantitative estimate of drug-likeness (QED) is 0.307. The number of carbonyl (C=O) groups excluding carboxylic acids is 2. The van der Waals surface area contributed by atoms with Crippen molar-refractivity contribution < 1.29 is 32.2 Å². The van der Waals surface area contributed by atoms with Gasteiger partial charge in [-0.05, 0) is 68.9 Å². The van der Waals surface area contributed by atoms with Crippen LogP contribution in [0.2, 0.25) is 0 Å². The Balaban J connectivity index is 1.26. The molecular weight excluding hydrogens is 639 g/mol. The smallest absolute Gasteiger partial charge is 0.403 e. The molecule has 4 aromatic rings. The Morgan fingerprint density at radius 1 is 1.08 bits per heavy atom. The number of alkyl halides is 3. The first-order valence-electron chi connectivity index (χ1n) is 16.9. The highest BCUT2D eigenvalue weighted by atomic mass is 19.4. The van der Waals surface area contributed by atoms with E-state index in [2.05, 4.69) is 9.88 Å². The predicted molar refractivity (Wildman–Crippen MR) is 177 cm³/mol. The van der Waals surface area contributed by atoms with Gasteiger partial charge in [-0.2, -0.15) is 13.2 Å². The van der Waals surface area contributed by atoms with Crippen LogP contribution in [0.3, 0.4) is 0 Å². The molecule has 0 unspecified atom stereocenters. The second-order valence-corrected chi connectivity index (χ2v) is 13.8. The van der Waals surface area contributed by atoms with Crippen molar-refractivity contribution in [1.29, 1.82) is 0 Å². The molecule has 2 aliphatic heterocycles. The number of methoxy groups -OCH3 is 2. The molecule has 11 nitrogen and oxygen atoms in total. The van der Waals surface area contributed by atoms with Crippen LogP contribution in [0.1, 0.15) is 67.5 Å². The van der Waals surface area contributed by atoms with E-state index in [1.165, 1.54) is 0 Å². The van der Waals surface area contributed by atoms with E-state index < -0.39 is 29.5 Å². The molecule has 0 radical (unpaired) electrons. The Morgan fingerprint density at radius 2 is 1.88 bits per heavy atom. The van der Waals surface area contributed by atoms with Crippen LogP contribution in [0.15, 0.2) is 30.3 Å². The molecule has 3 aromatic heterocycles. The summed E-state index contributed by atoms with van der Waals surface area (Å²) < 4.78 is 57.8. The number of aromatic nitrogens is 4. The van der Waals surface area contributed by atoms with Gasteiger partial charge in [0.15, 0.2) is 5.82 Å². The number of ether oxygens (including phenoxy) is 2. The summed E-state index contributed by atoms with van der Waals surface area (Å²) in [7, 11) is 5.09. The standard InChI is InChI=1S/C35H42F3N7O4/c1-19-24-10-9-20-15-26(45(30(20)41-24)12-7-5-6-8-22-17-34(22,33(47)40-19)35(36,37)38)31-42-25-14-21(16-28(49-4)29(25)43(31)2)32(46)44-13-11-27(48-3)23(39)18-44/h9-10,14-16,19,22-23,27H,5-8,11-13,17-18,39H2,1-4H3,(H,40,47)/t19-,22+,23+,27-,34-/m1/s1. The molecule has 2 amide bonds. The molecule has 0 spiro atoms. The number of nitrogens with zero attached hydrogens (tertiary/aromatic N) is 5. The van der Waals surface area contributed by atoms with Crippen LogP contribution in [0.4, 0.5) is 13.2 Å². The molecule has 14 heteroatoms. The van der Waals surface area contributed by atoms with Gasteiger partial charge in [0.25, 0.3) is 5.91 Å². The van der Waals surface area contributed by atoms with Gasteiger partial charge in [-0.25, -0.2) is 9.97 Å². The number of benzene rings is 1. The first-order chi connectivity index (χ1) is 23.4. The van der Waals surface area contributed by atoms with Crippen molar-refractivity contribution in [1.82, 2.24) is 29.3 Å². The molecule has 1 saturated heterocycles. The van der Waals surface area contributed by atoms with Crippen LogP contribution < -0.4 is 15.8 Å². The summed E-state index contributed by atoms with van der Waals surface area (Å²) in [5.41, 5.74) is 7.68. The van der Waals surface area contributed by atoms with E-state index in [1.807, 2.05) is 23.7 Å². The summed E-state index contributed by atoms with van der Waals surface area (Å²) >= 11 is 0. The minimum atomic E-state index is -4.60. The zero-order chi connectivity index (χ0) is 34.8. The third-order valence-corrected chi connectivity index (χ3v) is 10.8. The molecule has 5 atom stereocenters. The lowest BCUT2D eigenvalue weighted by atomic mass is 9.97. The number of likely N-dealkylation sites (tertiary alicyclic amines) is 1. The Morgan fingerprint density at radius 3 is 2.59 bits per heavy atom. The molecule has 1 saturated carbocycles. The van der Waals surface area contributed by atoms with Crippen molar-refractivity contribution in [3.63, 3.8) is 0 Å². The normalized spacial score (nSPS) is 26.4. The molecule has 3 N–H and O–H groups in total. The maximum Gasteiger partial charge on any atom is 0.403 e. The highest BCUT2D eigenvalue weighted by Gasteiger charge is 2.74. The molecule has 3 aliphatic rings. The molecular formula is C35H42F3N7O4. The maximum atomic E-state index is 14.2. The van der Waals surface area contributed by atoms with E-state index in [4.69, 9.17) is 25.2 Å². The van der Waals surface area contributed by atoms with Crippen molar-refractivity contribution >= 4 is 33.9 Å². The number of halogens is 3. The minimum Gasteiger partial charge on any atom is -0.494 e. The third-order valence-electron chi connectivity index (χ3n) is 10.8. The average molecular weight is 682 g/mol. The Bertz CT molecular complexity index is 1940. The second-order valence-electron chi connectivity index (χ2n) is 13.8. The monoisotopic (exact) mass is 681 g/mol. The van der Waals surface area contributed by atoms with Gasteiger partial charge in [-0.1, -0.05) is 12.8 Å². The number of amides is 2. The molecule has 1 aromatic carbocycles. The number of nitrogens with two attached hydrogens (primary N) is 1. The number of hydrogen-bond acceptors (Lipinski definition) is 7. The van der Waals surface area contributed by atoms with Crippen LogP contribution in [-0.4, -0.2) is 81.4 Å². The third kappa shape index (κ3) is 5.52. The predicted octanol–water partition coefficient (Wildman–Crippen LogP) is 5.11. The number of fused-ring (bicyclic) bond motifs is 3. The first kappa shape index (κ1) is 33.3. The Kier molecular flexibility index (Phi) is 8.37. The minimum absolute atomic E-state index is 0.0949. The second kappa shape index (κ2) is 12.3. The van der Waals surface area contributed by atoms with Crippen molar-refractivity contribution in [2.24, 2.45) is 24.1 Å². The average Bonchev–Trinajstić information content (AvgIpc) is 3.60. The molecule has 2 fully saturated rings. The first-order valence-corrected chi connectivity index (χ1v) is 16.9. The van der Waals surface area contributed by atoms with Gasteiger partial charge in [-0.15, -0.1) is 0 Å². The van der Waals surface area contributed by atoms with E-state index in [-0.39, 0.29) is 24.5 Å². The number of imidazole rings is 1. The van der Waals surface area contributed by atoms with E-state index in [0.29, 0.717) is 85.7 Å². The van der Waals surface area contributed by atoms with Crippen molar-refractivity contribution in [2.75, 3.05) is 27.3 Å². The summed E-state index contributed by atoms with van der Waals surface area (Å²) in [6.45, 7) is 3.15. The number of rotatable bonds is 4. The van der Waals surface area contributed by atoms with Crippen LogP contribution in [0.5, 0.6) is 5.75 Å². The number of hydrogen-bond donors (Lipinski definition) is 2. The lowest BCUT2D eigenvalue weighted by Gasteiger charge is -2.36. The van der Waals surface area contributed by atoms with Gasteiger partial charge in [-0.3, -0.25) is 9.59 Å². The number of piperidine rings is 1. The van der Waals surface area contributed by atoms with E-state index in [9.17, 15) is 22.8 Å². The highest BCUT2D eigenvalue weighted by molar-refractivity contribution is 6.00. The summed E-state index contributed by atoms with van der Waals surface area (Å²) in [5.74, 6) is -0.680. The summed E-state index contributed by atoms with van der Waals surface area (Å²) in [4.78, 5) is 38.4. The molecule has 5 heterocycles. The molecule has 7 rings (SSSR count).